The summed E-state index contributed by atoms with van der Waals surface area (Å²) in [5.74, 6) is 0. The number of hydrogen-bond acceptors (Lipinski definition) is 7. The maximum atomic E-state index is 9.50. The molecule has 2 aliphatic heterocycles. The molecule has 2 aliphatic rings. The highest BCUT2D eigenvalue weighted by Gasteiger charge is 2.30. The molecule has 8 heteroatoms. The Morgan fingerprint density at radius 3 is 2.29 bits per heavy atom. The zero-order valence-electron chi connectivity index (χ0n) is 16.5. The molecule has 0 saturated heterocycles. The fraction of sp³-hybridized carbons (Fsp3) is 0.130. The van der Waals surface area contributed by atoms with Crippen molar-refractivity contribution < 1.29 is 10.0 Å². The molecule has 2 aromatic carbocycles. The molecule has 0 saturated carbocycles. The van der Waals surface area contributed by atoms with Crippen LogP contribution >= 0.6 is 11.3 Å². The molecular formula is C23H17BN4O2S. The number of anilines is 2. The zero-order valence-corrected chi connectivity index (χ0v) is 17.3. The Bertz CT molecular complexity index is 1290. The van der Waals surface area contributed by atoms with Gasteiger partial charge in [-0.05, 0) is 58.6 Å². The number of thiophene rings is 1. The summed E-state index contributed by atoms with van der Waals surface area (Å²) < 4.78 is 0. The number of rotatable bonds is 3. The molecule has 2 N–H and O–H groups in total. The molecule has 0 aliphatic carbocycles. The van der Waals surface area contributed by atoms with Gasteiger partial charge >= 0.3 is 7.12 Å². The Morgan fingerprint density at radius 2 is 1.61 bits per heavy atom. The quantitative estimate of drug-likeness (QED) is 0.496. The first-order chi connectivity index (χ1) is 15.1. The van der Waals surface area contributed by atoms with Gasteiger partial charge in [-0.3, -0.25) is 0 Å². The van der Waals surface area contributed by atoms with Crippen LogP contribution in [0.4, 0.5) is 11.4 Å². The third-order valence-corrected chi connectivity index (χ3v) is 6.75. The summed E-state index contributed by atoms with van der Waals surface area (Å²) in [5, 5.41) is 36.9. The van der Waals surface area contributed by atoms with Crippen molar-refractivity contribution in [2.45, 2.75) is 13.1 Å². The van der Waals surface area contributed by atoms with Gasteiger partial charge in [0.15, 0.2) is 0 Å². The molecule has 6 nitrogen and oxygen atoms in total. The maximum Gasteiger partial charge on any atom is 0.488 e. The smallest absolute Gasteiger partial charge is 0.423 e. The summed E-state index contributed by atoms with van der Waals surface area (Å²) in [4.78, 5) is 6.57. The van der Waals surface area contributed by atoms with Crippen LogP contribution < -0.4 is 15.3 Å². The van der Waals surface area contributed by atoms with Crippen LogP contribution in [0, 0.1) is 22.7 Å². The van der Waals surface area contributed by atoms with Gasteiger partial charge < -0.3 is 19.8 Å². The van der Waals surface area contributed by atoms with Gasteiger partial charge in [0.05, 0.1) is 6.67 Å². The highest BCUT2D eigenvalue weighted by atomic mass is 32.1. The van der Waals surface area contributed by atoms with E-state index < -0.39 is 7.12 Å². The lowest BCUT2D eigenvalue weighted by Crippen LogP contribution is -2.46. The SMILES string of the molecule is N#CC(C#N)=Cc1ccc(-c2ccc3c(c2)CN2CN3Cc3cc(B(O)O)ccc32)s1. The normalized spacial score (nSPS) is 13.5. The van der Waals surface area contributed by atoms with Crippen LogP contribution in [0.1, 0.15) is 16.0 Å². The minimum absolute atomic E-state index is 0.0998. The van der Waals surface area contributed by atoms with Crippen LogP contribution in [-0.2, 0) is 13.1 Å². The second-order valence-electron chi connectivity index (χ2n) is 7.63. The summed E-state index contributed by atoms with van der Waals surface area (Å²) in [7, 11) is -1.46. The number of allylic oxidation sites excluding steroid dienone is 1. The molecule has 0 spiro atoms. The third-order valence-electron chi connectivity index (χ3n) is 5.67. The molecule has 150 valence electrons. The third kappa shape index (κ3) is 3.47. The average molecular weight is 424 g/mol. The van der Waals surface area contributed by atoms with Crippen LogP contribution in [-0.4, -0.2) is 23.8 Å². The van der Waals surface area contributed by atoms with Crippen molar-refractivity contribution in [3.63, 3.8) is 0 Å². The number of fused-ring (bicyclic) bond motifs is 6. The molecule has 5 rings (SSSR count). The van der Waals surface area contributed by atoms with Crippen molar-refractivity contribution >= 4 is 41.4 Å². The lowest BCUT2D eigenvalue weighted by Gasteiger charge is -2.45. The lowest BCUT2D eigenvalue weighted by molar-refractivity contribution is 0.425. The van der Waals surface area contributed by atoms with E-state index in [-0.39, 0.29) is 5.57 Å². The summed E-state index contributed by atoms with van der Waals surface area (Å²) >= 11 is 1.56. The van der Waals surface area contributed by atoms with Gasteiger partial charge in [-0.25, -0.2) is 0 Å². The Labute approximate surface area is 184 Å². The van der Waals surface area contributed by atoms with E-state index in [9.17, 15) is 10.0 Å². The minimum Gasteiger partial charge on any atom is -0.423 e. The van der Waals surface area contributed by atoms with Crippen molar-refractivity contribution in [1.82, 2.24) is 0 Å². The minimum atomic E-state index is -1.46. The topological polar surface area (TPSA) is 94.5 Å². The predicted molar refractivity (Wildman–Crippen MR) is 122 cm³/mol. The fourth-order valence-electron chi connectivity index (χ4n) is 4.23. The first-order valence-corrected chi connectivity index (χ1v) is 10.6. The first kappa shape index (κ1) is 19.4. The molecule has 0 atom stereocenters. The van der Waals surface area contributed by atoms with Crippen molar-refractivity contribution in [2.75, 3.05) is 16.5 Å². The van der Waals surface area contributed by atoms with E-state index in [4.69, 9.17) is 10.5 Å². The first-order valence-electron chi connectivity index (χ1n) is 9.79. The van der Waals surface area contributed by atoms with Gasteiger partial charge in [0, 0.05) is 34.2 Å². The second kappa shape index (κ2) is 7.61. The van der Waals surface area contributed by atoms with Crippen LogP contribution in [0.5, 0.6) is 0 Å². The number of nitrogens with zero attached hydrogens (tertiary/aromatic N) is 4. The molecule has 31 heavy (non-hydrogen) atoms. The van der Waals surface area contributed by atoms with Gasteiger partial charge in [-0.15, -0.1) is 11.3 Å². The van der Waals surface area contributed by atoms with E-state index in [1.807, 2.05) is 36.4 Å². The van der Waals surface area contributed by atoms with Gasteiger partial charge in [-0.1, -0.05) is 18.2 Å². The zero-order chi connectivity index (χ0) is 21.5. The maximum absolute atomic E-state index is 9.50. The highest BCUT2D eigenvalue weighted by Crippen LogP contribution is 2.40. The number of hydrogen-bond donors (Lipinski definition) is 2. The molecule has 0 amide bonds. The van der Waals surface area contributed by atoms with E-state index in [0.717, 1.165) is 46.3 Å². The molecule has 1 aromatic heterocycles. The lowest BCUT2D eigenvalue weighted by atomic mass is 9.79. The van der Waals surface area contributed by atoms with Crippen molar-refractivity contribution in [2.24, 2.45) is 0 Å². The summed E-state index contributed by atoms with van der Waals surface area (Å²) in [5.41, 5.74) is 6.36. The van der Waals surface area contributed by atoms with Crippen molar-refractivity contribution in [3.05, 3.63) is 70.1 Å². The largest absolute Gasteiger partial charge is 0.488 e. The molecular weight excluding hydrogens is 407 g/mol. The summed E-state index contributed by atoms with van der Waals surface area (Å²) in [6, 6.07) is 19.8. The van der Waals surface area contributed by atoms with E-state index >= 15 is 0 Å². The Hall–Kier alpha value is -3.56. The number of nitriles is 2. The van der Waals surface area contributed by atoms with Gasteiger partial charge in [-0.2, -0.15) is 10.5 Å². The molecule has 3 heterocycles. The predicted octanol–water partition coefficient (Wildman–Crippen LogP) is 2.82. The molecule has 3 aromatic rings. The van der Waals surface area contributed by atoms with E-state index in [1.54, 1.807) is 23.5 Å². The van der Waals surface area contributed by atoms with Gasteiger partial charge in [0.2, 0.25) is 0 Å². The van der Waals surface area contributed by atoms with E-state index in [0.29, 0.717) is 5.46 Å². The average Bonchev–Trinajstić information content (AvgIpc) is 3.25. The van der Waals surface area contributed by atoms with Crippen LogP contribution in [0.2, 0.25) is 0 Å². The monoisotopic (exact) mass is 424 g/mol. The Kier molecular flexibility index (Phi) is 4.76. The van der Waals surface area contributed by atoms with E-state index in [1.165, 1.54) is 11.3 Å². The fourth-order valence-corrected chi connectivity index (χ4v) is 5.18. The highest BCUT2D eigenvalue weighted by molar-refractivity contribution is 7.16. The standard InChI is InChI=1S/C23H17BN4O2S/c25-10-15(11-26)7-20-3-6-23(31-20)16-1-4-21-17(8-16)12-27-14-28(21)13-18-9-19(24(29)30)2-5-22(18)27/h1-9,29-30H,12-14H2. The number of benzene rings is 2. The molecule has 0 fully saturated rings. The van der Waals surface area contributed by atoms with Crippen molar-refractivity contribution in [3.8, 4) is 22.6 Å². The molecule has 0 unspecified atom stereocenters. The van der Waals surface area contributed by atoms with Crippen LogP contribution in [0.15, 0.2) is 54.1 Å². The summed E-state index contributed by atoms with van der Waals surface area (Å²) in [6.45, 7) is 2.30. The molecule has 2 bridgehead atoms. The van der Waals surface area contributed by atoms with Gasteiger partial charge in [0.25, 0.3) is 0 Å². The van der Waals surface area contributed by atoms with Crippen molar-refractivity contribution in [1.29, 1.82) is 10.5 Å². The second-order valence-corrected chi connectivity index (χ2v) is 8.74. The Morgan fingerprint density at radius 1 is 0.935 bits per heavy atom. The van der Waals surface area contributed by atoms with Crippen LogP contribution in [0.25, 0.3) is 16.5 Å². The molecule has 0 radical (unpaired) electrons. The van der Waals surface area contributed by atoms with Gasteiger partial charge in [0.1, 0.15) is 17.7 Å². The van der Waals surface area contributed by atoms with E-state index in [2.05, 4.69) is 28.0 Å². The Balaban J connectivity index is 1.46. The summed E-state index contributed by atoms with van der Waals surface area (Å²) in [6.07, 6.45) is 1.61. The van der Waals surface area contributed by atoms with Crippen LogP contribution in [0.3, 0.4) is 0 Å².